The molecule has 0 bridgehead atoms. The third-order valence-electron chi connectivity index (χ3n) is 20.7. The molecule has 0 amide bonds. The molecule has 636 valence electrons. The molecule has 17 nitrogen and oxygen atoms in total. The molecular formula is C88H172O17P2. The maximum absolute atomic E-state index is 13.2. The highest BCUT2D eigenvalue weighted by molar-refractivity contribution is 7.47. The number of esters is 4. The van der Waals surface area contributed by atoms with Crippen LogP contribution in [0.2, 0.25) is 0 Å². The Labute approximate surface area is 658 Å². The number of hydrogen-bond acceptors (Lipinski definition) is 15. The average molecular weight is 1560 g/mol. The van der Waals surface area contributed by atoms with Crippen molar-refractivity contribution in [1.29, 1.82) is 0 Å². The van der Waals surface area contributed by atoms with Crippen LogP contribution in [0.25, 0.3) is 0 Å². The van der Waals surface area contributed by atoms with Gasteiger partial charge in [-0.25, -0.2) is 9.13 Å². The lowest BCUT2D eigenvalue weighted by Crippen LogP contribution is -2.30. The summed E-state index contributed by atoms with van der Waals surface area (Å²) in [4.78, 5) is 73.3. The Kier molecular flexibility index (Phi) is 77.9. The fraction of sp³-hybridized carbons (Fsp3) is 0.955. The molecule has 0 heterocycles. The van der Waals surface area contributed by atoms with Gasteiger partial charge >= 0.3 is 39.5 Å². The SMILES string of the molecule is CCCCCCCCCCCCCCCCCCCCCCC(=O)OC[C@H](COP(=O)(O)OC[C@@H](O)COP(=O)(O)OC[C@@H](COC(=O)CCCCCCCCCCCC(C)C)OC(=O)CCCCCCCCCCCCCCCC)OC(=O)CCCCCCCCCCCCCCCCCCCCC(C)C. The van der Waals surface area contributed by atoms with Gasteiger partial charge in [0.1, 0.15) is 19.3 Å². The minimum absolute atomic E-state index is 0.108. The van der Waals surface area contributed by atoms with Gasteiger partial charge in [-0.05, 0) is 37.5 Å². The van der Waals surface area contributed by atoms with E-state index in [0.29, 0.717) is 25.7 Å². The maximum Gasteiger partial charge on any atom is 0.472 e. The first kappa shape index (κ1) is 105. The van der Waals surface area contributed by atoms with Gasteiger partial charge in [0.05, 0.1) is 26.4 Å². The molecule has 0 aromatic heterocycles. The fourth-order valence-corrected chi connectivity index (χ4v) is 15.4. The molecular weight excluding hydrogens is 1390 g/mol. The number of aliphatic hydroxyl groups is 1. The summed E-state index contributed by atoms with van der Waals surface area (Å²) >= 11 is 0. The molecule has 0 saturated heterocycles. The molecule has 3 N–H and O–H groups in total. The van der Waals surface area contributed by atoms with Crippen molar-refractivity contribution in [3.63, 3.8) is 0 Å². The van der Waals surface area contributed by atoms with Crippen LogP contribution in [0, 0.1) is 11.8 Å². The maximum atomic E-state index is 13.2. The molecule has 0 rings (SSSR count). The third kappa shape index (κ3) is 81.9. The van der Waals surface area contributed by atoms with Gasteiger partial charge in [-0.3, -0.25) is 37.3 Å². The molecule has 0 aliphatic rings. The summed E-state index contributed by atoms with van der Waals surface area (Å²) in [5, 5.41) is 10.7. The summed E-state index contributed by atoms with van der Waals surface area (Å²) in [5.74, 6) is -0.535. The van der Waals surface area contributed by atoms with E-state index in [-0.39, 0.29) is 25.7 Å². The van der Waals surface area contributed by atoms with E-state index in [9.17, 15) is 43.2 Å². The number of carbonyl (C=O) groups is 4. The van der Waals surface area contributed by atoms with E-state index in [4.69, 9.17) is 37.0 Å². The number of aliphatic hydroxyl groups excluding tert-OH is 1. The van der Waals surface area contributed by atoms with Crippen LogP contribution in [0.15, 0.2) is 0 Å². The summed E-state index contributed by atoms with van der Waals surface area (Å²) in [7, 11) is -9.93. The Morgan fingerprint density at radius 1 is 0.252 bits per heavy atom. The highest BCUT2D eigenvalue weighted by atomic mass is 31.2. The summed E-state index contributed by atoms with van der Waals surface area (Å²) in [6.45, 7) is 9.70. The second-order valence-electron chi connectivity index (χ2n) is 32.6. The standard InChI is InChI=1S/C88H172O17P2/c1-7-9-11-13-15-17-19-21-23-24-25-26-30-33-37-40-46-52-58-64-70-85(90)98-76-83(104-88(93)73-67-61-55-48-42-38-34-31-28-27-29-32-35-39-44-50-56-62-68-80(3)4)78-102-106(94,95)100-74-82(89)75-101-107(96,97)103-79-84(77-99-86(91)71-65-59-53-49-43-45-51-57-63-69-81(5)6)105-87(92)72-66-60-54-47-41-36-22-20-18-16-14-12-10-8-2/h80-84,89H,7-79H2,1-6H3,(H,94,95)(H,96,97)/t82-,83-,84-/m1/s1. The Hall–Kier alpha value is -1.94. The van der Waals surface area contributed by atoms with Crippen LogP contribution in [-0.2, 0) is 65.4 Å². The van der Waals surface area contributed by atoms with Crippen LogP contribution < -0.4 is 0 Å². The van der Waals surface area contributed by atoms with Gasteiger partial charge in [-0.2, -0.15) is 0 Å². The zero-order chi connectivity index (χ0) is 78.5. The minimum atomic E-state index is -4.97. The zero-order valence-corrected chi connectivity index (χ0v) is 72.2. The van der Waals surface area contributed by atoms with E-state index in [0.717, 1.165) is 102 Å². The lowest BCUT2D eigenvalue weighted by Gasteiger charge is -2.21. The van der Waals surface area contributed by atoms with Crippen molar-refractivity contribution in [1.82, 2.24) is 0 Å². The summed E-state index contributed by atoms with van der Waals surface area (Å²) < 4.78 is 69.0. The van der Waals surface area contributed by atoms with Crippen LogP contribution in [0.3, 0.4) is 0 Å². The predicted octanol–water partition coefficient (Wildman–Crippen LogP) is 27.0. The number of phosphoric ester groups is 2. The van der Waals surface area contributed by atoms with Crippen molar-refractivity contribution in [2.45, 2.75) is 490 Å². The van der Waals surface area contributed by atoms with Gasteiger partial charge in [0, 0.05) is 25.7 Å². The minimum Gasteiger partial charge on any atom is -0.462 e. The molecule has 0 aromatic rings. The lowest BCUT2D eigenvalue weighted by atomic mass is 10.0. The lowest BCUT2D eigenvalue weighted by molar-refractivity contribution is -0.161. The van der Waals surface area contributed by atoms with E-state index in [2.05, 4.69) is 41.5 Å². The van der Waals surface area contributed by atoms with E-state index in [1.165, 1.54) is 289 Å². The van der Waals surface area contributed by atoms with Crippen molar-refractivity contribution in [3.05, 3.63) is 0 Å². The van der Waals surface area contributed by atoms with E-state index in [1.807, 2.05) is 0 Å². The number of unbranched alkanes of at least 4 members (excludes halogenated alkanes) is 57. The third-order valence-corrected chi connectivity index (χ3v) is 22.6. The summed E-state index contributed by atoms with van der Waals surface area (Å²) in [6, 6.07) is 0. The Balaban J connectivity index is 5.24. The van der Waals surface area contributed by atoms with Crippen LogP contribution in [-0.4, -0.2) is 96.7 Å². The Bertz CT molecular complexity index is 2050. The Morgan fingerprint density at radius 3 is 0.636 bits per heavy atom. The van der Waals surface area contributed by atoms with Crippen LogP contribution in [0.1, 0.15) is 472 Å². The van der Waals surface area contributed by atoms with E-state index in [1.54, 1.807) is 0 Å². The van der Waals surface area contributed by atoms with Gasteiger partial charge < -0.3 is 33.8 Å². The number of hydrogen-bond donors (Lipinski definition) is 3. The molecule has 107 heavy (non-hydrogen) atoms. The van der Waals surface area contributed by atoms with Crippen molar-refractivity contribution in [2.75, 3.05) is 39.6 Å². The molecule has 0 aromatic carbocycles. The summed E-state index contributed by atoms with van der Waals surface area (Å²) in [6.07, 6.45) is 72.3. The van der Waals surface area contributed by atoms with Crippen molar-refractivity contribution in [2.24, 2.45) is 11.8 Å². The summed E-state index contributed by atoms with van der Waals surface area (Å²) in [5.41, 5.74) is 0. The van der Waals surface area contributed by atoms with Gasteiger partial charge in [0.25, 0.3) is 0 Å². The Morgan fingerprint density at radius 2 is 0.430 bits per heavy atom. The van der Waals surface area contributed by atoms with Crippen LogP contribution in [0.4, 0.5) is 0 Å². The van der Waals surface area contributed by atoms with Crippen LogP contribution >= 0.6 is 15.6 Å². The van der Waals surface area contributed by atoms with Gasteiger partial charge in [0.15, 0.2) is 12.2 Å². The molecule has 0 spiro atoms. The smallest absolute Gasteiger partial charge is 0.462 e. The number of phosphoric acid groups is 2. The largest absolute Gasteiger partial charge is 0.472 e. The monoisotopic (exact) mass is 1560 g/mol. The van der Waals surface area contributed by atoms with Gasteiger partial charge in [-0.15, -0.1) is 0 Å². The number of rotatable bonds is 87. The molecule has 0 aliphatic carbocycles. The van der Waals surface area contributed by atoms with Crippen molar-refractivity contribution >= 4 is 39.5 Å². The number of carbonyl (C=O) groups excluding carboxylic acids is 4. The van der Waals surface area contributed by atoms with Crippen molar-refractivity contribution < 1.29 is 80.2 Å². The topological polar surface area (TPSA) is 237 Å². The quantitative estimate of drug-likeness (QED) is 0.0222. The first-order chi connectivity index (χ1) is 51.9. The van der Waals surface area contributed by atoms with Crippen molar-refractivity contribution in [3.8, 4) is 0 Å². The molecule has 5 atom stereocenters. The van der Waals surface area contributed by atoms with E-state index >= 15 is 0 Å². The molecule has 0 radical (unpaired) electrons. The first-order valence-electron chi connectivity index (χ1n) is 45.5. The molecule has 0 aliphatic heterocycles. The van der Waals surface area contributed by atoms with Gasteiger partial charge in [0.2, 0.25) is 0 Å². The normalized spacial score (nSPS) is 13.8. The fourth-order valence-electron chi connectivity index (χ4n) is 13.8. The predicted molar refractivity (Wildman–Crippen MR) is 442 cm³/mol. The number of ether oxygens (including phenoxy) is 4. The highest BCUT2D eigenvalue weighted by Crippen LogP contribution is 2.45. The van der Waals surface area contributed by atoms with Gasteiger partial charge in [-0.1, -0.05) is 420 Å². The second kappa shape index (κ2) is 79.3. The first-order valence-corrected chi connectivity index (χ1v) is 48.5. The average Bonchev–Trinajstić information content (AvgIpc) is 0.910. The molecule has 0 saturated carbocycles. The molecule has 2 unspecified atom stereocenters. The molecule has 19 heteroatoms. The zero-order valence-electron chi connectivity index (χ0n) is 70.5. The highest BCUT2D eigenvalue weighted by Gasteiger charge is 2.30. The second-order valence-corrected chi connectivity index (χ2v) is 35.5. The molecule has 0 fully saturated rings. The van der Waals surface area contributed by atoms with Crippen LogP contribution in [0.5, 0.6) is 0 Å². The van der Waals surface area contributed by atoms with E-state index < -0.39 is 97.5 Å².